The number of hydrogen-bond acceptors (Lipinski definition) is 5. The lowest BCUT2D eigenvalue weighted by Gasteiger charge is -2.19. The van der Waals surface area contributed by atoms with Crippen LogP contribution in [0.4, 0.5) is 11.4 Å². The van der Waals surface area contributed by atoms with Gasteiger partial charge in [-0.2, -0.15) is 12.7 Å². The monoisotopic (exact) mass is 289 g/mol. The Morgan fingerprint density at radius 1 is 1.37 bits per heavy atom. The molecule has 0 spiro atoms. The van der Waals surface area contributed by atoms with Gasteiger partial charge in [0, 0.05) is 25.2 Å². The summed E-state index contributed by atoms with van der Waals surface area (Å²) in [6.07, 6.45) is 0. The summed E-state index contributed by atoms with van der Waals surface area (Å²) in [5.41, 5.74) is -0.531. The third-order valence-electron chi connectivity index (χ3n) is 2.48. The summed E-state index contributed by atoms with van der Waals surface area (Å²) < 4.78 is 27.1. The Balaban J connectivity index is 3.11. The first-order chi connectivity index (χ1) is 8.81. The molecule has 0 saturated carbocycles. The predicted molar refractivity (Wildman–Crippen MR) is 70.2 cm³/mol. The minimum Gasteiger partial charge on any atom is -0.506 e. The fourth-order valence-corrected chi connectivity index (χ4v) is 2.74. The largest absolute Gasteiger partial charge is 0.506 e. The highest BCUT2D eigenvalue weighted by Crippen LogP contribution is 2.29. The van der Waals surface area contributed by atoms with Gasteiger partial charge in [-0.05, 0) is 6.07 Å². The van der Waals surface area contributed by atoms with Gasteiger partial charge in [-0.15, -0.1) is 0 Å². The highest BCUT2D eigenvalue weighted by atomic mass is 32.2. The number of hydrogen-bond donors (Lipinski definition) is 2. The standard InChI is InChI=1S/C10H15N3O5S/c1-3-12(4-2)19(17,18)11-9-7-8(13(15)16)5-6-10(9)14/h5-7,11,14H,3-4H2,1-2H3. The van der Waals surface area contributed by atoms with E-state index < -0.39 is 15.1 Å². The van der Waals surface area contributed by atoms with Gasteiger partial charge in [-0.25, -0.2) is 0 Å². The van der Waals surface area contributed by atoms with Crippen LogP contribution >= 0.6 is 0 Å². The number of anilines is 1. The number of nitro groups is 1. The Morgan fingerprint density at radius 2 is 1.95 bits per heavy atom. The van der Waals surface area contributed by atoms with Crippen LogP contribution in [0.15, 0.2) is 18.2 Å². The zero-order valence-corrected chi connectivity index (χ0v) is 11.3. The van der Waals surface area contributed by atoms with Crippen molar-refractivity contribution >= 4 is 21.6 Å². The van der Waals surface area contributed by atoms with Crippen molar-refractivity contribution in [1.29, 1.82) is 0 Å². The Labute approximate surface area is 111 Å². The van der Waals surface area contributed by atoms with E-state index in [9.17, 15) is 23.6 Å². The lowest BCUT2D eigenvalue weighted by molar-refractivity contribution is -0.384. The SMILES string of the molecule is CCN(CC)S(=O)(=O)Nc1cc([N+](=O)[O-])ccc1O. The van der Waals surface area contributed by atoms with Crippen molar-refractivity contribution in [1.82, 2.24) is 4.31 Å². The van der Waals surface area contributed by atoms with Crippen LogP contribution in [0.1, 0.15) is 13.8 Å². The van der Waals surface area contributed by atoms with Gasteiger partial charge in [-0.3, -0.25) is 14.8 Å². The minimum absolute atomic E-state index is 0.221. The van der Waals surface area contributed by atoms with Crippen molar-refractivity contribution in [2.45, 2.75) is 13.8 Å². The molecule has 8 nitrogen and oxygen atoms in total. The van der Waals surface area contributed by atoms with Crippen molar-refractivity contribution in [2.75, 3.05) is 17.8 Å². The smallest absolute Gasteiger partial charge is 0.301 e. The third-order valence-corrected chi connectivity index (χ3v) is 4.15. The van der Waals surface area contributed by atoms with Gasteiger partial charge in [0.2, 0.25) is 0 Å². The van der Waals surface area contributed by atoms with Gasteiger partial charge in [0.05, 0.1) is 10.6 Å². The quantitative estimate of drug-likeness (QED) is 0.465. The molecule has 1 aromatic rings. The number of phenolic OH excluding ortho intramolecular Hbond substituents is 1. The Bertz CT molecular complexity index is 569. The van der Waals surface area contributed by atoms with Gasteiger partial charge >= 0.3 is 10.2 Å². The molecule has 0 radical (unpaired) electrons. The van der Waals surface area contributed by atoms with Crippen molar-refractivity contribution in [2.24, 2.45) is 0 Å². The van der Waals surface area contributed by atoms with Gasteiger partial charge in [0.25, 0.3) is 5.69 Å². The van der Waals surface area contributed by atoms with E-state index >= 15 is 0 Å². The van der Waals surface area contributed by atoms with Crippen LogP contribution in [-0.2, 0) is 10.2 Å². The van der Waals surface area contributed by atoms with E-state index in [-0.39, 0.29) is 30.2 Å². The normalized spacial score (nSPS) is 11.5. The number of nitrogens with one attached hydrogen (secondary N) is 1. The molecule has 0 bridgehead atoms. The molecule has 1 aromatic carbocycles. The molecule has 0 heterocycles. The average molecular weight is 289 g/mol. The maximum atomic E-state index is 11.9. The summed E-state index contributed by atoms with van der Waals surface area (Å²) in [5, 5.41) is 20.2. The zero-order valence-electron chi connectivity index (χ0n) is 10.5. The molecular formula is C10H15N3O5S. The number of aromatic hydroxyl groups is 1. The second-order valence-corrected chi connectivity index (χ2v) is 5.32. The molecule has 0 amide bonds. The topological polar surface area (TPSA) is 113 Å². The third kappa shape index (κ3) is 3.55. The highest BCUT2D eigenvalue weighted by molar-refractivity contribution is 7.90. The van der Waals surface area contributed by atoms with Gasteiger partial charge in [0.1, 0.15) is 5.75 Å². The molecule has 0 fully saturated rings. The van der Waals surface area contributed by atoms with Crippen molar-refractivity contribution in [3.63, 3.8) is 0 Å². The van der Waals surface area contributed by atoms with Crippen molar-refractivity contribution in [3.05, 3.63) is 28.3 Å². The van der Waals surface area contributed by atoms with E-state index in [1.807, 2.05) is 0 Å². The molecule has 9 heteroatoms. The molecular weight excluding hydrogens is 274 g/mol. The first-order valence-electron chi connectivity index (χ1n) is 5.57. The van der Waals surface area contributed by atoms with Crippen LogP contribution in [0.25, 0.3) is 0 Å². The van der Waals surface area contributed by atoms with E-state index in [0.29, 0.717) is 0 Å². The van der Waals surface area contributed by atoms with E-state index in [1.165, 1.54) is 0 Å². The highest BCUT2D eigenvalue weighted by Gasteiger charge is 2.21. The van der Waals surface area contributed by atoms with E-state index in [4.69, 9.17) is 0 Å². The zero-order chi connectivity index (χ0) is 14.6. The van der Waals surface area contributed by atoms with E-state index in [1.54, 1.807) is 13.8 Å². The molecule has 2 N–H and O–H groups in total. The maximum Gasteiger partial charge on any atom is 0.301 e. The van der Waals surface area contributed by atoms with Crippen LogP contribution in [0.5, 0.6) is 5.75 Å². The van der Waals surface area contributed by atoms with Gasteiger partial charge < -0.3 is 5.11 Å². The molecule has 19 heavy (non-hydrogen) atoms. The molecule has 106 valence electrons. The molecule has 1 rings (SSSR count). The number of nitro benzene ring substituents is 1. The maximum absolute atomic E-state index is 11.9. The Hall–Kier alpha value is -1.87. The Kier molecular flexibility index (Phi) is 4.67. The summed E-state index contributed by atoms with van der Waals surface area (Å²) in [5.74, 6) is -0.374. The second kappa shape index (κ2) is 5.85. The number of nitrogens with zero attached hydrogens (tertiary/aromatic N) is 2. The second-order valence-electron chi connectivity index (χ2n) is 3.65. The lowest BCUT2D eigenvalue weighted by Crippen LogP contribution is -2.35. The van der Waals surface area contributed by atoms with Crippen LogP contribution in [0, 0.1) is 10.1 Å². The minimum atomic E-state index is -3.84. The molecule has 0 aliphatic rings. The first-order valence-corrected chi connectivity index (χ1v) is 7.01. The van der Waals surface area contributed by atoms with Crippen molar-refractivity contribution in [3.8, 4) is 5.75 Å². The average Bonchev–Trinajstić information content (AvgIpc) is 2.32. The van der Waals surface area contributed by atoms with Crippen LogP contribution in [0.2, 0.25) is 0 Å². The fourth-order valence-electron chi connectivity index (χ4n) is 1.49. The van der Waals surface area contributed by atoms with Crippen LogP contribution in [-0.4, -0.2) is 35.8 Å². The summed E-state index contributed by atoms with van der Waals surface area (Å²) in [7, 11) is -3.84. The molecule has 0 unspecified atom stereocenters. The molecule has 0 atom stereocenters. The molecule has 0 aromatic heterocycles. The van der Waals surface area contributed by atoms with Gasteiger partial charge in [0.15, 0.2) is 0 Å². The number of non-ortho nitro benzene ring substituents is 1. The molecule has 0 aliphatic heterocycles. The Morgan fingerprint density at radius 3 is 2.42 bits per heavy atom. The summed E-state index contributed by atoms with van der Waals surface area (Å²) in [6, 6.07) is 3.12. The van der Waals surface area contributed by atoms with E-state index in [0.717, 1.165) is 22.5 Å². The van der Waals surface area contributed by atoms with Crippen LogP contribution in [0.3, 0.4) is 0 Å². The summed E-state index contributed by atoms with van der Waals surface area (Å²) in [6.45, 7) is 3.83. The summed E-state index contributed by atoms with van der Waals surface area (Å²) in [4.78, 5) is 9.94. The van der Waals surface area contributed by atoms with Crippen molar-refractivity contribution < 1.29 is 18.4 Å². The molecule has 0 aliphatic carbocycles. The van der Waals surface area contributed by atoms with Gasteiger partial charge in [-0.1, -0.05) is 13.8 Å². The lowest BCUT2D eigenvalue weighted by atomic mass is 10.2. The molecule has 0 saturated heterocycles. The first kappa shape index (κ1) is 15.2. The summed E-state index contributed by atoms with van der Waals surface area (Å²) >= 11 is 0. The number of phenols is 1. The van der Waals surface area contributed by atoms with E-state index in [2.05, 4.69) is 4.72 Å². The predicted octanol–water partition coefficient (Wildman–Crippen LogP) is 1.30. The van der Waals surface area contributed by atoms with Crippen LogP contribution < -0.4 is 4.72 Å². The fraction of sp³-hybridized carbons (Fsp3) is 0.400. The number of rotatable bonds is 6. The number of benzene rings is 1.